The molecule has 0 radical (unpaired) electrons. The van der Waals surface area contributed by atoms with E-state index in [4.69, 9.17) is 4.99 Å². The lowest BCUT2D eigenvalue weighted by molar-refractivity contribution is -0.384. The molecule has 0 spiro atoms. The molecule has 4 rings (SSSR count). The Hall–Kier alpha value is -1.80. The molecule has 2 aliphatic heterocycles. The quantitative estimate of drug-likeness (QED) is 0.330. The van der Waals surface area contributed by atoms with Crippen molar-refractivity contribution in [2.24, 2.45) is 4.99 Å². The van der Waals surface area contributed by atoms with Crippen LogP contribution in [0.15, 0.2) is 53.5 Å². The van der Waals surface area contributed by atoms with Crippen molar-refractivity contribution in [3.63, 3.8) is 0 Å². The molecule has 2 heterocycles. The Morgan fingerprint density at radius 3 is 2.35 bits per heavy atom. The maximum absolute atomic E-state index is 10.8. The van der Waals surface area contributed by atoms with E-state index in [1.54, 1.807) is 12.1 Å². The van der Waals surface area contributed by atoms with E-state index in [1.165, 1.54) is 3.57 Å². The van der Waals surface area contributed by atoms with Crippen LogP contribution in [0.4, 0.5) is 5.69 Å². The highest BCUT2D eigenvalue weighted by Gasteiger charge is 2.57. The molecular weight excluding hydrogens is 405 g/mol. The van der Waals surface area contributed by atoms with Gasteiger partial charge in [0, 0.05) is 15.7 Å². The van der Waals surface area contributed by atoms with E-state index in [9.17, 15) is 10.1 Å². The van der Waals surface area contributed by atoms with Gasteiger partial charge in [0.2, 0.25) is 0 Å². The van der Waals surface area contributed by atoms with Gasteiger partial charge in [0.15, 0.2) is 0 Å². The van der Waals surface area contributed by atoms with Gasteiger partial charge in [-0.05, 0) is 52.8 Å². The largest absolute Gasteiger partial charge is 0.269 e. The first kappa shape index (κ1) is 14.8. The van der Waals surface area contributed by atoms with Crippen LogP contribution >= 0.6 is 22.6 Å². The van der Waals surface area contributed by atoms with Crippen LogP contribution in [0, 0.1) is 13.7 Å². The molecule has 23 heavy (non-hydrogen) atoms. The van der Waals surface area contributed by atoms with Crippen molar-refractivity contribution in [2.75, 3.05) is 0 Å². The number of hydrogen-bond acceptors (Lipinski definition) is 4. The number of halogens is 1. The lowest BCUT2D eigenvalue weighted by Crippen LogP contribution is -2.09. The first-order chi connectivity index (χ1) is 11.1. The summed E-state index contributed by atoms with van der Waals surface area (Å²) in [6.45, 7) is 2.10. The number of nitro benzene ring substituents is 1. The Balaban J connectivity index is 1.61. The first-order valence-electron chi connectivity index (χ1n) is 7.41. The molecule has 1 fully saturated rings. The van der Waals surface area contributed by atoms with Crippen LogP contribution in [-0.4, -0.2) is 27.7 Å². The molecule has 116 valence electrons. The molecule has 5 nitrogen and oxygen atoms in total. The van der Waals surface area contributed by atoms with Crippen LogP contribution in [0.2, 0.25) is 0 Å². The fraction of sp³-hybridized carbons (Fsp3) is 0.235. The van der Waals surface area contributed by atoms with E-state index in [0.717, 1.165) is 16.8 Å². The molecule has 6 heteroatoms. The maximum atomic E-state index is 10.8. The van der Waals surface area contributed by atoms with Crippen LogP contribution in [0.1, 0.15) is 24.1 Å². The van der Waals surface area contributed by atoms with Crippen molar-refractivity contribution < 1.29 is 4.92 Å². The van der Waals surface area contributed by atoms with E-state index < -0.39 is 0 Å². The highest BCUT2D eigenvalue weighted by atomic mass is 127. The normalized spacial score (nSPS) is 28.2. The van der Waals surface area contributed by atoms with E-state index >= 15 is 0 Å². The van der Waals surface area contributed by atoms with Crippen molar-refractivity contribution in [1.82, 2.24) is 4.90 Å². The highest BCUT2D eigenvalue weighted by molar-refractivity contribution is 14.1. The number of benzene rings is 2. The lowest BCUT2D eigenvalue weighted by Gasteiger charge is -2.09. The summed E-state index contributed by atoms with van der Waals surface area (Å²) in [5.41, 5.74) is 3.53. The van der Waals surface area contributed by atoms with Gasteiger partial charge >= 0.3 is 0 Å². The number of fused-ring (bicyclic) bond motifs is 1. The minimum atomic E-state index is -0.362. The van der Waals surface area contributed by atoms with Crippen molar-refractivity contribution in [1.29, 1.82) is 0 Å². The van der Waals surface area contributed by atoms with Gasteiger partial charge in [-0.3, -0.25) is 20.0 Å². The molecule has 0 amide bonds. The average Bonchev–Trinajstić information content (AvgIpc) is 3.20. The third-order valence-electron chi connectivity index (χ3n) is 4.47. The summed E-state index contributed by atoms with van der Waals surface area (Å²) in [5, 5.41) is 10.8. The number of aliphatic imine (C=N–C) groups is 1. The van der Waals surface area contributed by atoms with Crippen LogP contribution in [0.25, 0.3) is 0 Å². The number of nitro groups is 1. The number of hydrogen-bond donors (Lipinski definition) is 0. The molecule has 0 aromatic heterocycles. The predicted octanol–water partition coefficient (Wildman–Crippen LogP) is 3.77. The smallest absolute Gasteiger partial charge is 0.269 e. The summed E-state index contributed by atoms with van der Waals surface area (Å²) >= 11 is 2.30. The third kappa shape index (κ3) is 2.46. The minimum absolute atomic E-state index is 0.133. The molecule has 1 unspecified atom stereocenters. The van der Waals surface area contributed by atoms with Gasteiger partial charge in [0.1, 0.15) is 6.17 Å². The molecule has 2 aromatic rings. The fourth-order valence-electron chi connectivity index (χ4n) is 3.36. The zero-order valence-electron chi connectivity index (χ0n) is 12.4. The Kier molecular flexibility index (Phi) is 3.46. The number of non-ortho nitro benzene ring substituents is 1. The summed E-state index contributed by atoms with van der Waals surface area (Å²) in [7, 11) is 0. The fourth-order valence-corrected chi connectivity index (χ4v) is 3.72. The predicted molar refractivity (Wildman–Crippen MR) is 96.6 cm³/mol. The molecule has 2 aliphatic rings. The van der Waals surface area contributed by atoms with Crippen molar-refractivity contribution >= 4 is 34.0 Å². The van der Waals surface area contributed by atoms with Gasteiger partial charge < -0.3 is 0 Å². The number of rotatable bonds is 3. The monoisotopic (exact) mass is 419 g/mol. The maximum Gasteiger partial charge on any atom is 0.269 e. The topological polar surface area (TPSA) is 58.5 Å². The summed E-state index contributed by atoms with van der Waals surface area (Å²) < 4.78 is 1.21. The van der Waals surface area contributed by atoms with Crippen molar-refractivity contribution in [3.05, 3.63) is 73.3 Å². The summed E-state index contributed by atoms with van der Waals surface area (Å²) in [6, 6.07) is 15.9. The second-order valence-corrected chi connectivity index (χ2v) is 7.08. The van der Waals surface area contributed by atoms with E-state index in [-0.39, 0.29) is 28.9 Å². The molecule has 2 aromatic carbocycles. The lowest BCUT2D eigenvalue weighted by atomic mass is 10.0. The minimum Gasteiger partial charge on any atom is -0.269 e. The number of nitrogens with zero attached hydrogens (tertiary/aromatic N) is 3. The van der Waals surface area contributed by atoms with Crippen LogP contribution < -0.4 is 0 Å². The highest BCUT2D eigenvalue weighted by Crippen LogP contribution is 2.50. The van der Waals surface area contributed by atoms with Crippen molar-refractivity contribution in [3.8, 4) is 0 Å². The Labute approximate surface area is 147 Å². The second kappa shape index (κ2) is 5.38. The van der Waals surface area contributed by atoms with Crippen LogP contribution in [0.5, 0.6) is 0 Å². The summed E-state index contributed by atoms with van der Waals surface area (Å²) in [4.78, 5) is 17.5. The Bertz CT molecular complexity index is 802. The van der Waals surface area contributed by atoms with Crippen LogP contribution in [-0.2, 0) is 0 Å². The average molecular weight is 419 g/mol. The zero-order valence-corrected chi connectivity index (χ0v) is 14.5. The molecule has 0 bridgehead atoms. The van der Waals surface area contributed by atoms with E-state index in [2.05, 4.69) is 58.7 Å². The van der Waals surface area contributed by atoms with Gasteiger partial charge in [0.25, 0.3) is 5.69 Å². The molecule has 4 atom stereocenters. The molecule has 1 saturated heterocycles. The second-order valence-electron chi connectivity index (χ2n) is 5.84. The first-order valence-corrected chi connectivity index (χ1v) is 8.49. The summed E-state index contributed by atoms with van der Waals surface area (Å²) in [5.74, 6) is 0. The Morgan fingerprint density at radius 1 is 1.09 bits per heavy atom. The van der Waals surface area contributed by atoms with E-state index in [1.807, 2.05) is 12.1 Å². The van der Waals surface area contributed by atoms with Crippen molar-refractivity contribution in [2.45, 2.75) is 25.2 Å². The van der Waals surface area contributed by atoms with Gasteiger partial charge in [0.05, 0.1) is 22.7 Å². The van der Waals surface area contributed by atoms with E-state index in [0.29, 0.717) is 0 Å². The summed E-state index contributed by atoms with van der Waals surface area (Å²) in [6.07, 6.45) is 0.148. The molecule has 0 aliphatic carbocycles. The van der Waals surface area contributed by atoms with Gasteiger partial charge in [-0.1, -0.05) is 24.3 Å². The van der Waals surface area contributed by atoms with Gasteiger partial charge in [-0.2, -0.15) is 0 Å². The van der Waals surface area contributed by atoms with Gasteiger partial charge in [-0.25, -0.2) is 0 Å². The Morgan fingerprint density at radius 2 is 1.74 bits per heavy atom. The molecule has 0 saturated carbocycles. The van der Waals surface area contributed by atoms with Gasteiger partial charge in [-0.15, -0.1) is 0 Å². The third-order valence-corrected chi connectivity index (χ3v) is 5.19. The zero-order chi connectivity index (χ0) is 16.1. The van der Waals surface area contributed by atoms with Crippen LogP contribution in [0.3, 0.4) is 0 Å². The SMILES string of the molecule is C[C@@H]1N=C(c2ccc(I)cc2)[C@@H]2[C@@H](c3ccc([N+](=O)[O-])cc3)N12. The molecule has 0 N–H and O–H groups in total. The standard InChI is InChI=1S/C17H14IN3O2/c1-10-19-15(11-2-6-13(18)7-3-11)17-16(20(10)17)12-4-8-14(9-5-12)21(22)23/h2-10,16-17H,1H3/t10-,16-,17-,20?/m1/s1. The molecular formula is C17H14IN3O2.